The van der Waals surface area contributed by atoms with E-state index in [1.54, 1.807) is 12.4 Å². The summed E-state index contributed by atoms with van der Waals surface area (Å²) < 4.78 is 0. The topological polar surface area (TPSA) is 41.6 Å². The van der Waals surface area contributed by atoms with Crippen LogP contribution in [0.4, 0.5) is 0 Å². The quantitative estimate of drug-likeness (QED) is 0.611. The molecular weight excluding hydrogens is 198 g/mol. The van der Waals surface area contributed by atoms with Gasteiger partial charge in [0, 0.05) is 11.6 Å². The van der Waals surface area contributed by atoms with E-state index in [1.165, 1.54) is 0 Å². The van der Waals surface area contributed by atoms with Gasteiger partial charge in [-0.2, -0.15) is 0 Å². The lowest BCUT2D eigenvalue weighted by Crippen LogP contribution is -1.84. The molecule has 2 aromatic heterocycles. The number of fused-ring (bicyclic) bond motifs is 3. The summed E-state index contributed by atoms with van der Waals surface area (Å²) in [6.07, 6.45) is 3.38. The van der Waals surface area contributed by atoms with Gasteiger partial charge >= 0.3 is 0 Å². The van der Waals surface area contributed by atoms with Gasteiger partial charge in [0.2, 0.25) is 0 Å². The Morgan fingerprint density at radius 2 is 1.93 bits per heavy atom. The molecule has 0 aliphatic carbocycles. The zero-order chi connectivity index (χ0) is 9.54. The molecule has 2 heterocycles. The minimum Gasteiger partial charge on any atom is -0.343 e. The van der Waals surface area contributed by atoms with Crippen LogP contribution in [0.3, 0.4) is 0 Å². The maximum absolute atomic E-state index is 5.85. The highest BCUT2D eigenvalue weighted by molar-refractivity contribution is 6.29. The highest BCUT2D eigenvalue weighted by Gasteiger charge is 2.03. The van der Waals surface area contributed by atoms with Crippen LogP contribution < -0.4 is 0 Å². The molecule has 0 unspecified atom stereocenters. The average molecular weight is 204 g/mol. The van der Waals surface area contributed by atoms with Crippen molar-refractivity contribution in [1.82, 2.24) is 15.0 Å². The molecule has 0 spiro atoms. The zero-order valence-corrected chi connectivity index (χ0v) is 7.92. The largest absolute Gasteiger partial charge is 0.343 e. The molecule has 3 nitrogen and oxygen atoms in total. The van der Waals surface area contributed by atoms with Gasteiger partial charge in [-0.15, -0.1) is 0 Å². The van der Waals surface area contributed by atoms with Crippen LogP contribution in [-0.2, 0) is 0 Å². The van der Waals surface area contributed by atoms with E-state index in [4.69, 9.17) is 11.6 Å². The van der Waals surface area contributed by atoms with Gasteiger partial charge in [-0.3, -0.25) is 9.97 Å². The Labute approximate surface area is 84.7 Å². The lowest BCUT2D eigenvalue weighted by Gasteiger charge is -1.99. The minimum absolute atomic E-state index is 0.534. The van der Waals surface area contributed by atoms with Crippen LogP contribution in [-0.4, -0.2) is 15.0 Å². The van der Waals surface area contributed by atoms with Crippen LogP contribution in [0, 0.1) is 0 Å². The van der Waals surface area contributed by atoms with Crippen molar-refractivity contribution in [3.8, 4) is 0 Å². The highest BCUT2D eigenvalue weighted by Crippen LogP contribution is 2.22. The molecule has 4 heteroatoms. The third-order valence-electron chi connectivity index (χ3n) is 2.22. The number of aromatic nitrogens is 3. The van der Waals surface area contributed by atoms with E-state index in [9.17, 15) is 0 Å². The van der Waals surface area contributed by atoms with Crippen LogP contribution in [0.1, 0.15) is 0 Å². The number of nitrogens with zero attached hydrogens (tertiary/aromatic N) is 2. The van der Waals surface area contributed by atoms with E-state index in [2.05, 4.69) is 15.0 Å². The summed E-state index contributed by atoms with van der Waals surface area (Å²) in [4.78, 5) is 11.5. The summed E-state index contributed by atoms with van der Waals surface area (Å²) in [6.45, 7) is 0. The predicted octanol–water partition coefficient (Wildman–Crippen LogP) is 2.76. The number of hydrogen-bond acceptors (Lipinski definition) is 2. The van der Waals surface area contributed by atoms with Crippen molar-refractivity contribution in [2.24, 2.45) is 0 Å². The van der Waals surface area contributed by atoms with Crippen molar-refractivity contribution in [2.75, 3.05) is 0 Å². The van der Waals surface area contributed by atoms with Crippen molar-refractivity contribution in [1.29, 1.82) is 0 Å². The number of benzene rings is 1. The Hall–Kier alpha value is -1.61. The van der Waals surface area contributed by atoms with Crippen molar-refractivity contribution < 1.29 is 0 Å². The molecule has 0 saturated carbocycles. The maximum Gasteiger partial charge on any atom is 0.125 e. The van der Waals surface area contributed by atoms with E-state index >= 15 is 0 Å². The molecule has 0 aliphatic rings. The molecule has 0 aliphatic heterocycles. The molecule has 1 aromatic carbocycles. The second kappa shape index (κ2) is 2.69. The number of halogens is 1. The first-order chi connectivity index (χ1) is 6.84. The Morgan fingerprint density at radius 1 is 1.07 bits per heavy atom. The van der Waals surface area contributed by atoms with Crippen molar-refractivity contribution >= 4 is 33.5 Å². The fourth-order valence-corrected chi connectivity index (χ4v) is 1.73. The van der Waals surface area contributed by atoms with Gasteiger partial charge in [0.1, 0.15) is 5.15 Å². The summed E-state index contributed by atoms with van der Waals surface area (Å²) in [6, 6.07) is 5.83. The molecular formula is C10H6ClN3. The fraction of sp³-hybridized carbons (Fsp3) is 0. The number of H-pyrrole nitrogens is 1. The summed E-state index contributed by atoms with van der Waals surface area (Å²) in [7, 11) is 0. The number of rotatable bonds is 0. The smallest absolute Gasteiger partial charge is 0.125 e. The lowest BCUT2D eigenvalue weighted by molar-refractivity contribution is 1.30. The van der Waals surface area contributed by atoms with Crippen LogP contribution in [0.5, 0.6) is 0 Å². The number of hydrogen-bond donors (Lipinski definition) is 1. The lowest BCUT2D eigenvalue weighted by atomic mass is 10.2. The predicted molar refractivity (Wildman–Crippen MR) is 56.4 cm³/mol. The summed E-state index contributed by atoms with van der Waals surface area (Å²) >= 11 is 5.85. The van der Waals surface area contributed by atoms with Gasteiger partial charge in [0.05, 0.1) is 22.7 Å². The van der Waals surface area contributed by atoms with Crippen molar-refractivity contribution in [2.45, 2.75) is 0 Å². The van der Waals surface area contributed by atoms with Crippen molar-refractivity contribution in [3.05, 3.63) is 35.7 Å². The Morgan fingerprint density at radius 3 is 2.86 bits per heavy atom. The van der Waals surface area contributed by atoms with Crippen LogP contribution >= 0.6 is 11.6 Å². The van der Waals surface area contributed by atoms with E-state index in [0.29, 0.717) is 5.15 Å². The first-order valence-electron chi connectivity index (χ1n) is 4.22. The third-order valence-corrected chi connectivity index (χ3v) is 2.41. The molecule has 1 N–H and O–H groups in total. The number of nitrogens with one attached hydrogen (secondary N) is 1. The molecule has 0 bridgehead atoms. The Bertz CT molecular complexity index is 615. The van der Waals surface area contributed by atoms with Crippen LogP contribution in [0.25, 0.3) is 21.9 Å². The van der Waals surface area contributed by atoms with Gasteiger partial charge in [-0.1, -0.05) is 11.6 Å². The van der Waals surface area contributed by atoms with E-state index in [0.717, 1.165) is 21.9 Å². The van der Waals surface area contributed by atoms with Gasteiger partial charge < -0.3 is 4.98 Å². The normalized spacial score (nSPS) is 11.2. The highest BCUT2D eigenvalue weighted by atomic mass is 35.5. The summed E-state index contributed by atoms with van der Waals surface area (Å²) in [5.74, 6) is 0. The van der Waals surface area contributed by atoms with E-state index in [1.807, 2.05) is 18.2 Å². The first-order valence-corrected chi connectivity index (χ1v) is 4.60. The molecule has 0 amide bonds. The molecule has 3 rings (SSSR count). The Kier molecular flexibility index (Phi) is 1.49. The first kappa shape index (κ1) is 7.76. The Balaban J connectivity index is 2.60. The summed E-state index contributed by atoms with van der Waals surface area (Å²) in [5.41, 5.74) is 2.79. The minimum atomic E-state index is 0.534. The average Bonchev–Trinajstić information content (AvgIpc) is 2.65. The number of aromatic amines is 1. The summed E-state index contributed by atoms with van der Waals surface area (Å²) in [5, 5.41) is 1.59. The molecule has 0 fully saturated rings. The molecule has 0 atom stereocenters. The second-order valence-electron chi connectivity index (χ2n) is 3.07. The molecule has 0 saturated heterocycles. The van der Waals surface area contributed by atoms with Gasteiger partial charge in [-0.25, -0.2) is 0 Å². The second-order valence-corrected chi connectivity index (χ2v) is 3.48. The molecule has 68 valence electrons. The van der Waals surface area contributed by atoms with Crippen molar-refractivity contribution in [3.63, 3.8) is 0 Å². The van der Waals surface area contributed by atoms with E-state index < -0.39 is 0 Å². The zero-order valence-electron chi connectivity index (χ0n) is 7.16. The molecule has 14 heavy (non-hydrogen) atoms. The molecule has 0 radical (unpaired) electrons. The molecule has 3 aromatic rings. The maximum atomic E-state index is 5.85. The van der Waals surface area contributed by atoms with Gasteiger partial charge in [-0.05, 0) is 18.2 Å². The monoisotopic (exact) mass is 203 g/mol. The standard InChI is InChI=1S/C10H6ClN3/c11-9-5-13-8-2-1-7-6(3-4-12-7)10(8)14-9/h1-5,14H. The fourth-order valence-electron chi connectivity index (χ4n) is 1.59. The van der Waals surface area contributed by atoms with Crippen LogP contribution in [0.2, 0.25) is 5.15 Å². The van der Waals surface area contributed by atoms with E-state index in [-0.39, 0.29) is 0 Å². The van der Waals surface area contributed by atoms with Gasteiger partial charge in [0.15, 0.2) is 0 Å². The SMILES string of the molecule is Clc1cnc2ccc3nccc3c2[nH]1. The van der Waals surface area contributed by atoms with Gasteiger partial charge in [0.25, 0.3) is 0 Å². The van der Waals surface area contributed by atoms with Crippen LogP contribution in [0.15, 0.2) is 30.6 Å². The third kappa shape index (κ3) is 0.992.